The second kappa shape index (κ2) is 3.35. The minimum Gasteiger partial charge on any atom is -0.323 e. The van der Waals surface area contributed by atoms with Gasteiger partial charge in [-0.15, -0.1) is 0 Å². The van der Waals surface area contributed by atoms with Gasteiger partial charge >= 0.3 is 6.18 Å². The third-order valence-electron chi connectivity index (χ3n) is 3.30. The van der Waals surface area contributed by atoms with Crippen LogP contribution in [0.15, 0.2) is 0 Å². The molecule has 1 spiro atoms. The summed E-state index contributed by atoms with van der Waals surface area (Å²) in [6.07, 6.45) is -3.98. The van der Waals surface area contributed by atoms with Crippen molar-refractivity contribution in [2.75, 3.05) is 0 Å². The van der Waals surface area contributed by atoms with Crippen molar-refractivity contribution < 1.29 is 18.0 Å². The van der Waals surface area contributed by atoms with E-state index in [0.29, 0.717) is 0 Å². The van der Waals surface area contributed by atoms with Gasteiger partial charge in [0.1, 0.15) is 0 Å². The third kappa shape index (κ3) is 1.90. The fraction of sp³-hybridized carbons (Fsp3) is 0.900. The van der Waals surface area contributed by atoms with Gasteiger partial charge < -0.3 is 4.90 Å². The number of halogens is 3. The van der Waals surface area contributed by atoms with Crippen LogP contribution in [0, 0.1) is 0 Å². The van der Waals surface area contributed by atoms with E-state index in [9.17, 15) is 18.0 Å². The molecule has 0 bridgehead atoms. The Labute approximate surface area is 92.0 Å². The molecule has 0 radical (unpaired) electrons. The molecule has 0 aromatic carbocycles. The lowest BCUT2D eigenvalue weighted by molar-refractivity contribution is -0.153. The molecule has 2 aliphatic rings. The quantitative estimate of drug-likeness (QED) is 0.790. The lowest BCUT2D eigenvalue weighted by Gasteiger charge is -2.28. The molecule has 3 nitrogen and oxygen atoms in total. The van der Waals surface area contributed by atoms with Crippen molar-refractivity contribution in [2.45, 2.75) is 57.0 Å². The van der Waals surface area contributed by atoms with Gasteiger partial charge in [-0.2, -0.15) is 13.2 Å². The summed E-state index contributed by atoms with van der Waals surface area (Å²) in [5.41, 5.74) is -0.528. The normalized spacial score (nSPS) is 29.9. The van der Waals surface area contributed by atoms with E-state index in [2.05, 4.69) is 5.32 Å². The summed E-state index contributed by atoms with van der Waals surface area (Å²) in [5.74, 6) is -0.170. The SMILES string of the molecule is CC(CC(F)(F)F)N1C(=O)C2(CC2)NC1C. The predicted octanol–water partition coefficient (Wildman–Crippen LogP) is 1.64. The van der Waals surface area contributed by atoms with Crippen LogP contribution in [-0.2, 0) is 4.79 Å². The van der Waals surface area contributed by atoms with Crippen molar-refractivity contribution in [3.63, 3.8) is 0 Å². The smallest absolute Gasteiger partial charge is 0.323 e. The summed E-state index contributed by atoms with van der Waals surface area (Å²) >= 11 is 0. The molecule has 2 unspecified atom stereocenters. The first-order valence-corrected chi connectivity index (χ1v) is 5.42. The molecular weight excluding hydrogens is 221 g/mol. The number of amides is 1. The molecule has 1 aliphatic heterocycles. The number of hydrogen-bond acceptors (Lipinski definition) is 2. The fourth-order valence-corrected chi connectivity index (χ4v) is 2.45. The molecule has 1 N–H and O–H groups in total. The molecule has 2 fully saturated rings. The van der Waals surface area contributed by atoms with E-state index in [0.717, 1.165) is 12.8 Å². The van der Waals surface area contributed by atoms with Crippen LogP contribution < -0.4 is 5.32 Å². The highest BCUT2D eigenvalue weighted by Crippen LogP contribution is 2.43. The second-order valence-corrected chi connectivity index (χ2v) is 4.78. The van der Waals surface area contributed by atoms with Crippen molar-refractivity contribution in [2.24, 2.45) is 0 Å². The Balaban J connectivity index is 2.06. The summed E-state index contributed by atoms with van der Waals surface area (Å²) in [7, 11) is 0. The molecule has 92 valence electrons. The maximum atomic E-state index is 12.3. The molecule has 1 amide bonds. The third-order valence-corrected chi connectivity index (χ3v) is 3.30. The van der Waals surface area contributed by atoms with Gasteiger partial charge in [0.25, 0.3) is 0 Å². The van der Waals surface area contributed by atoms with Crippen molar-refractivity contribution >= 4 is 5.91 Å². The van der Waals surface area contributed by atoms with Crippen molar-refractivity contribution in [1.29, 1.82) is 0 Å². The van der Waals surface area contributed by atoms with Crippen molar-refractivity contribution in [3.8, 4) is 0 Å². The Morgan fingerprint density at radius 2 is 2.12 bits per heavy atom. The maximum Gasteiger partial charge on any atom is 0.391 e. The standard InChI is InChI=1S/C10H15F3N2O/c1-6(5-10(11,12)13)15-7(2)14-9(3-4-9)8(15)16/h6-7,14H,3-5H2,1-2H3. The highest BCUT2D eigenvalue weighted by molar-refractivity contribution is 5.92. The van der Waals surface area contributed by atoms with E-state index in [1.165, 1.54) is 11.8 Å². The summed E-state index contributed by atoms with van der Waals surface area (Å²) in [6, 6.07) is -0.796. The van der Waals surface area contributed by atoms with Crippen LogP contribution in [0.4, 0.5) is 13.2 Å². The average Bonchev–Trinajstić information content (AvgIpc) is 2.76. The summed E-state index contributed by atoms with van der Waals surface area (Å²) in [4.78, 5) is 13.3. The Morgan fingerprint density at radius 1 is 1.56 bits per heavy atom. The molecule has 16 heavy (non-hydrogen) atoms. The van der Waals surface area contributed by atoms with Crippen LogP contribution in [0.2, 0.25) is 0 Å². The van der Waals surface area contributed by atoms with E-state index in [1.54, 1.807) is 6.92 Å². The largest absolute Gasteiger partial charge is 0.391 e. The number of hydrogen-bond donors (Lipinski definition) is 1. The summed E-state index contributed by atoms with van der Waals surface area (Å²) in [5, 5.41) is 3.08. The Bertz CT molecular complexity index is 312. The molecule has 0 aromatic heterocycles. The molecule has 1 heterocycles. The minimum atomic E-state index is -4.22. The van der Waals surface area contributed by atoms with E-state index in [1.807, 2.05) is 0 Å². The zero-order valence-corrected chi connectivity index (χ0v) is 9.27. The van der Waals surface area contributed by atoms with Crippen LogP contribution in [0.25, 0.3) is 0 Å². The van der Waals surface area contributed by atoms with Gasteiger partial charge in [-0.1, -0.05) is 0 Å². The fourth-order valence-electron chi connectivity index (χ4n) is 2.45. The number of nitrogens with one attached hydrogen (secondary N) is 1. The summed E-state index contributed by atoms with van der Waals surface area (Å²) in [6.45, 7) is 3.18. The number of alkyl halides is 3. The number of carbonyl (C=O) groups excluding carboxylic acids is 1. The van der Waals surface area contributed by atoms with E-state index in [4.69, 9.17) is 0 Å². The molecule has 0 aromatic rings. The molecule has 1 saturated heterocycles. The summed E-state index contributed by atoms with van der Waals surface area (Å²) < 4.78 is 36.8. The second-order valence-electron chi connectivity index (χ2n) is 4.78. The van der Waals surface area contributed by atoms with E-state index >= 15 is 0 Å². The van der Waals surface area contributed by atoms with E-state index < -0.39 is 24.2 Å². The van der Waals surface area contributed by atoms with Gasteiger partial charge in [0.2, 0.25) is 5.91 Å². The zero-order chi connectivity index (χ0) is 12.1. The van der Waals surface area contributed by atoms with Crippen LogP contribution in [0.1, 0.15) is 33.1 Å². The average molecular weight is 236 g/mol. The number of nitrogens with zero attached hydrogens (tertiary/aromatic N) is 1. The van der Waals surface area contributed by atoms with Crippen molar-refractivity contribution in [3.05, 3.63) is 0 Å². The zero-order valence-electron chi connectivity index (χ0n) is 9.27. The molecule has 1 saturated carbocycles. The van der Waals surface area contributed by atoms with Crippen LogP contribution in [0.3, 0.4) is 0 Å². The van der Waals surface area contributed by atoms with Gasteiger partial charge in [-0.3, -0.25) is 10.1 Å². The van der Waals surface area contributed by atoms with E-state index in [-0.39, 0.29) is 12.1 Å². The minimum absolute atomic E-state index is 0.170. The van der Waals surface area contributed by atoms with Gasteiger partial charge in [0.15, 0.2) is 0 Å². The highest BCUT2D eigenvalue weighted by atomic mass is 19.4. The van der Waals surface area contributed by atoms with Crippen LogP contribution in [-0.4, -0.2) is 34.7 Å². The first-order chi connectivity index (χ1) is 7.25. The van der Waals surface area contributed by atoms with Gasteiger partial charge in [0, 0.05) is 6.04 Å². The molecule has 6 heteroatoms. The first-order valence-electron chi connectivity index (χ1n) is 5.42. The lowest BCUT2D eigenvalue weighted by atomic mass is 10.1. The Hall–Kier alpha value is -0.780. The molecule has 1 aliphatic carbocycles. The number of carbonyl (C=O) groups is 1. The van der Waals surface area contributed by atoms with Gasteiger partial charge in [-0.25, -0.2) is 0 Å². The number of rotatable bonds is 2. The first kappa shape index (κ1) is 11.7. The van der Waals surface area contributed by atoms with Gasteiger partial charge in [-0.05, 0) is 26.7 Å². The van der Waals surface area contributed by atoms with Gasteiger partial charge in [0.05, 0.1) is 18.1 Å². The Morgan fingerprint density at radius 3 is 2.50 bits per heavy atom. The van der Waals surface area contributed by atoms with Crippen LogP contribution >= 0.6 is 0 Å². The van der Waals surface area contributed by atoms with Crippen LogP contribution in [0.5, 0.6) is 0 Å². The maximum absolute atomic E-state index is 12.3. The monoisotopic (exact) mass is 236 g/mol. The molecular formula is C10H15F3N2O. The molecule has 2 rings (SSSR count). The highest BCUT2D eigenvalue weighted by Gasteiger charge is 2.59. The predicted molar refractivity (Wildman–Crippen MR) is 51.5 cm³/mol. The lowest BCUT2D eigenvalue weighted by Crippen LogP contribution is -2.43. The molecule has 2 atom stereocenters. The Kier molecular flexibility index (Phi) is 2.45. The topological polar surface area (TPSA) is 32.3 Å². The van der Waals surface area contributed by atoms with Crippen molar-refractivity contribution in [1.82, 2.24) is 10.2 Å².